The molecular weight excluding hydrogens is 336 g/mol. The van der Waals surface area contributed by atoms with Crippen molar-refractivity contribution in [1.82, 2.24) is 9.80 Å². The number of amides is 1. The molecule has 142 valence electrons. The lowest BCUT2D eigenvalue weighted by molar-refractivity contribution is -0.134. The highest BCUT2D eigenvalue weighted by atomic mass is 16.3. The summed E-state index contributed by atoms with van der Waals surface area (Å²) in [5, 5.41) is 10.6. The van der Waals surface area contributed by atoms with Gasteiger partial charge in [0.05, 0.1) is 12.6 Å². The zero-order valence-electron chi connectivity index (χ0n) is 15.8. The van der Waals surface area contributed by atoms with Crippen LogP contribution in [0.5, 0.6) is 0 Å². The number of benzene rings is 2. The first-order chi connectivity index (χ1) is 13.2. The summed E-state index contributed by atoms with van der Waals surface area (Å²) >= 11 is 0. The van der Waals surface area contributed by atoms with E-state index in [1.54, 1.807) is 0 Å². The number of rotatable bonds is 5. The number of nitrogens with zero attached hydrogens (tertiary/aromatic N) is 2. The van der Waals surface area contributed by atoms with Gasteiger partial charge in [0.15, 0.2) is 0 Å². The zero-order valence-corrected chi connectivity index (χ0v) is 15.8. The molecule has 4 nitrogen and oxygen atoms in total. The van der Waals surface area contributed by atoms with Gasteiger partial charge in [-0.25, -0.2) is 0 Å². The van der Waals surface area contributed by atoms with Gasteiger partial charge in [-0.2, -0.15) is 0 Å². The zero-order chi connectivity index (χ0) is 18.6. The van der Waals surface area contributed by atoms with Crippen molar-refractivity contribution in [3.8, 4) is 0 Å². The number of hydrogen-bond acceptors (Lipinski definition) is 3. The van der Waals surface area contributed by atoms with Crippen LogP contribution in [0.2, 0.25) is 0 Å². The Hall–Kier alpha value is -2.17. The van der Waals surface area contributed by atoms with Crippen molar-refractivity contribution in [2.45, 2.75) is 38.5 Å². The average Bonchev–Trinajstić information content (AvgIpc) is 3.11. The number of likely N-dealkylation sites (tertiary alicyclic amines) is 1. The normalized spacial score (nSPS) is 19.1. The van der Waals surface area contributed by atoms with Gasteiger partial charge >= 0.3 is 0 Å². The van der Waals surface area contributed by atoms with E-state index in [1.807, 2.05) is 23.1 Å². The quantitative estimate of drug-likeness (QED) is 0.887. The van der Waals surface area contributed by atoms with Crippen LogP contribution in [0.1, 0.15) is 29.5 Å². The van der Waals surface area contributed by atoms with E-state index in [0.717, 1.165) is 39.0 Å². The highest BCUT2D eigenvalue weighted by molar-refractivity contribution is 5.78. The molecule has 2 aromatic rings. The lowest BCUT2D eigenvalue weighted by atomic mass is 9.88. The van der Waals surface area contributed by atoms with E-state index >= 15 is 0 Å². The van der Waals surface area contributed by atoms with Crippen molar-refractivity contribution in [1.29, 1.82) is 0 Å². The molecule has 1 N–H and O–H groups in total. The molecule has 1 atom stereocenters. The van der Waals surface area contributed by atoms with Crippen LogP contribution in [0.4, 0.5) is 0 Å². The SMILES string of the molecule is O=C(CN1Cc2ccccc2C1)N1CCC([C@@H](O)Cc2ccccc2)CC1. The van der Waals surface area contributed by atoms with Crippen LogP contribution in [-0.2, 0) is 24.3 Å². The highest BCUT2D eigenvalue weighted by Gasteiger charge is 2.29. The number of carbonyl (C=O) groups is 1. The molecule has 0 aliphatic carbocycles. The lowest BCUT2D eigenvalue weighted by Crippen LogP contribution is -2.45. The number of aliphatic hydroxyl groups excluding tert-OH is 1. The largest absolute Gasteiger partial charge is 0.392 e. The number of hydrogen-bond donors (Lipinski definition) is 1. The van der Waals surface area contributed by atoms with Crippen molar-refractivity contribution in [3.63, 3.8) is 0 Å². The van der Waals surface area contributed by atoms with Gasteiger partial charge in [0.2, 0.25) is 5.91 Å². The molecule has 0 unspecified atom stereocenters. The average molecular weight is 364 g/mol. The Morgan fingerprint density at radius 1 is 0.963 bits per heavy atom. The van der Waals surface area contributed by atoms with E-state index < -0.39 is 0 Å². The van der Waals surface area contributed by atoms with E-state index in [0.29, 0.717) is 13.0 Å². The van der Waals surface area contributed by atoms with Gasteiger partial charge in [0.1, 0.15) is 0 Å². The second-order valence-corrected chi connectivity index (χ2v) is 7.89. The van der Waals surface area contributed by atoms with E-state index in [1.165, 1.54) is 16.7 Å². The third-order valence-electron chi connectivity index (χ3n) is 5.99. The number of carbonyl (C=O) groups excluding carboxylic acids is 1. The maximum Gasteiger partial charge on any atom is 0.236 e. The molecule has 27 heavy (non-hydrogen) atoms. The first-order valence-corrected chi connectivity index (χ1v) is 9.98. The Morgan fingerprint density at radius 3 is 2.19 bits per heavy atom. The molecule has 2 aliphatic rings. The summed E-state index contributed by atoms with van der Waals surface area (Å²) in [6.07, 6.45) is 2.16. The van der Waals surface area contributed by atoms with E-state index in [-0.39, 0.29) is 17.9 Å². The van der Waals surface area contributed by atoms with E-state index in [2.05, 4.69) is 41.3 Å². The molecule has 4 heteroatoms. The van der Waals surface area contributed by atoms with Crippen LogP contribution in [0.15, 0.2) is 54.6 Å². The fraction of sp³-hybridized carbons (Fsp3) is 0.435. The Labute approximate surface area is 161 Å². The Kier molecular flexibility index (Phi) is 5.55. The summed E-state index contributed by atoms with van der Waals surface area (Å²) in [7, 11) is 0. The minimum atomic E-state index is -0.322. The predicted octanol–water partition coefficient (Wildman–Crippen LogP) is 2.84. The van der Waals surface area contributed by atoms with E-state index in [4.69, 9.17) is 0 Å². The molecular formula is C23H28N2O2. The Morgan fingerprint density at radius 2 is 1.56 bits per heavy atom. The summed E-state index contributed by atoms with van der Waals surface area (Å²) in [5.74, 6) is 0.504. The number of aliphatic hydroxyl groups is 1. The second-order valence-electron chi connectivity index (χ2n) is 7.89. The van der Waals surface area contributed by atoms with Gasteiger partial charge in [-0.05, 0) is 41.9 Å². The van der Waals surface area contributed by atoms with Gasteiger partial charge in [-0.15, -0.1) is 0 Å². The lowest BCUT2D eigenvalue weighted by Gasteiger charge is -2.35. The summed E-state index contributed by atoms with van der Waals surface area (Å²) in [5.41, 5.74) is 3.86. The topological polar surface area (TPSA) is 43.8 Å². The minimum absolute atomic E-state index is 0.221. The Balaban J connectivity index is 1.24. The van der Waals surface area contributed by atoms with E-state index in [9.17, 15) is 9.90 Å². The minimum Gasteiger partial charge on any atom is -0.392 e. The highest BCUT2D eigenvalue weighted by Crippen LogP contribution is 2.25. The molecule has 1 saturated heterocycles. The maximum absolute atomic E-state index is 12.7. The standard InChI is InChI=1S/C23H28N2O2/c26-22(14-18-6-2-1-3-7-18)19-10-12-25(13-11-19)23(27)17-24-15-20-8-4-5-9-21(20)16-24/h1-9,19,22,26H,10-17H2/t22-/m0/s1. The fourth-order valence-corrected chi connectivity index (χ4v) is 4.36. The molecule has 0 bridgehead atoms. The number of fused-ring (bicyclic) bond motifs is 1. The monoisotopic (exact) mass is 364 g/mol. The van der Waals surface area contributed by atoms with Crippen molar-refractivity contribution >= 4 is 5.91 Å². The third kappa shape index (κ3) is 4.40. The molecule has 0 radical (unpaired) electrons. The summed E-state index contributed by atoms with van der Waals surface area (Å²) in [6, 6.07) is 18.6. The van der Waals surface area contributed by atoms with Gasteiger partial charge in [0.25, 0.3) is 0 Å². The molecule has 0 spiro atoms. The van der Waals surface area contributed by atoms with Gasteiger partial charge < -0.3 is 10.0 Å². The van der Waals surface area contributed by atoms with Crippen molar-refractivity contribution in [2.24, 2.45) is 5.92 Å². The van der Waals surface area contributed by atoms with Crippen molar-refractivity contribution in [3.05, 3.63) is 71.3 Å². The van der Waals surface area contributed by atoms with Gasteiger partial charge in [0, 0.05) is 26.2 Å². The summed E-state index contributed by atoms with van der Waals surface area (Å²) in [6.45, 7) is 3.75. The van der Waals surface area contributed by atoms with Crippen LogP contribution in [0.25, 0.3) is 0 Å². The first-order valence-electron chi connectivity index (χ1n) is 9.98. The van der Waals surface area contributed by atoms with Crippen LogP contribution in [0.3, 0.4) is 0 Å². The first kappa shape index (κ1) is 18.2. The summed E-state index contributed by atoms with van der Waals surface area (Å²) in [4.78, 5) is 16.9. The van der Waals surface area contributed by atoms with Crippen LogP contribution in [-0.4, -0.2) is 46.6 Å². The smallest absolute Gasteiger partial charge is 0.236 e. The molecule has 2 aromatic carbocycles. The van der Waals surface area contributed by atoms with Gasteiger partial charge in [-0.3, -0.25) is 9.69 Å². The van der Waals surface area contributed by atoms with Crippen molar-refractivity contribution in [2.75, 3.05) is 19.6 Å². The van der Waals surface area contributed by atoms with Crippen LogP contribution in [0, 0.1) is 5.92 Å². The van der Waals surface area contributed by atoms with Crippen molar-refractivity contribution < 1.29 is 9.90 Å². The maximum atomic E-state index is 12.7. The van der Waals surface area contributed by atoms with Gasteiger partial charge in [-0.1, -0.05) is 54.6 Å². The molecule has 2 heterocycles. The Bertz CT molecular complexity index is 744. The third-order valence-corrected chi connectivity index (χ3v) is 5.99. The number of piperidine rings is 1. The molecule has 0 aromatic heterocycles. The molecule has 0 saturated carbocycles. The summed E-state index contributed by atoms with van der Waals surface area (Å²) < 4.78 is 0. The molecule has 2 aliphatic heterocycles. The fourth-order valence-electron chi connectivity index (χ4n) is 4.36. The molecule has 1 fully saturated rings. The van der Waals surface area contributed by atoms with Crippen LogP contribution < -0.4 is 0 Å². The molecule has 4 rings (SSSR count). The molecule has 1 amide bonds. The van der Waals surface area contributed by atoms with Crippen LogP contribution >= 0.6 is 0 Å². The second kappa shape index (κ2) is 8.24. The predicted molar refractivity (Wildman–Crippen MR) is 106 cm³/mol.